The molecule has 0 atom stereocenters. The first-order valence-electron chi connectivity index (χ1n) is 12.5. The standard InChI is InChI=1S/C31H26N4O5/c1-37-17-9-11-20(27(13-17)39-3)29-33-30(21-12-10-18(38-2)14-28(21)40-4)35-31(34-29)23-15-22-19-7-5-6-8-24(19)32-25(22)16-26(23)36/h5-16,32,36H,1-4H3. The number of phenolic OH excluding ortho intramolecular Hbond substituents is 1. The Kier molecular flexibility index (Phi) is 6.31. The van der Waals surface area contributed by atoms with Crippen molar-refractivity contribution in [2.24, 2.45) is 0 Å². The third kappa shape index (κ3) is 4.27. The highest BCUT2D eigenvalue weighted by Gasteiger charge is 2.20. The molecule has 0 fully saturated rings. The molecule has 0 aliphatic carbocycles. The van der Waals surface area contributed by atoms with Gasteiger partial charge in [0, 0.05) is 34.5 Å². The van der Waals surface area contributed by atoms with Crippen LogP contribution in [0.4, 0.5) is 0 Å². The number of phenols is 1. The van der Waals surface area contributed by atoms with E-state index in [-0.39, 0.29) is 5.75 Å². The molecule has 9 nitrogen and oxygen atoms in total. The van der Waals surface area contributed by atoms with Crippen molar-refractivity contribution < 1.29 is 24.1 Å². The van der Waals surface area contributed by atoms with E-state index in [1.54, 1.807) is 46.6 Å². The van der Waals surface area contributed by atoms with Gasteiger partial charge in [-0.3, -0.25) is 0 Å². The van der Waals surface area contributed by atoms with E-state index in [1.807, 2.05) is 54.6 Å². The summed E-state index contributed by atoms with van der Waals surface area (Å²) < 4.78 is 22.0. The maximum atomic E-state index is 11.1. The minimum atomic E-state index is 0.0329. The number of nitrogens with zero attached hydrogens (tertiary/aromatic N) is 3. The number of para-hydroxylation sites is 1. The van der Waals surface area contributed by atoms with Crippen molar-refractivity contribution in [3.05, 3.63) is 72.8 Å². The molecule has 0 spiro atoms. The van der Waals surface area contributed by atoms with Gasteiger partial charge in [0.05, 0.1) is 50.6 Å². The minimum Gasteiger partial charge on any atom is -0.507 e. The number of aromatic hydroxyl groups is 1. The van der Waals surface area contributed by atoms with Gasteiger partial charge in [-0.15, -0.1) is 0 Å². The van der Waals surface area contributed by atoms with Crippen LogP contribution in [0.2, 0.25) is 0 Å². The van der Waals surface area contributed by atoms with E-state index in [0.717, 1.165) is 21.8 Å². The molecular formula is C31H26N4O5. The van der Waals surface area contributed by atoms with Crippen molar-refractivity contribution in [3.63, 3.8) is 0 Å². The molecule has 0 aliphatic heterocycles. The van der Waals surface area contributed by atoms with Crippen LogP contribution in [0.5, 0.6) is 28.7 Å². The fourth-order valence-electron chi connectivity index (χ4n) is 4.77. The summed E-state index contributed by atoms with van der Waals surface area (Å²) in [6.07, 6.45) is 0. The summed E-state index contributed by atoms with van der Waals surface area (Å²) in [4.78, 5) is 17.8. The number of ether oxygens (including phenoxy) is 4. The fourth-order valence-corrected chi connectivity index (χ4v) is 4.77. The van der Waals surface area contributed by atoms with Crippen LogP contribution in [-0.4, -0.2) is 53.5 Å². The van der Waals surface area contributed by atoms with E-state index in [2.05, 4.69) is 4.98 Å². The van der Waals surface area contributed by atoms with E-state index in [0.29, 0.717) is 57.2 Å². The van der Waals surface area contributed by atoms with E-state index in [9.17, 15) is 5.11 Å². The van der Waals surface area contributed by atoms with E-state index in [4.69, 9.17) is 33.9 Å². The number of H-pyrrole nitrogens is 1. The predicted molar refractivity (Wildman–Crippen MR) is 153 cm³/mol. The Morgan fingerprint density at radius 3 is 1.65 bits per heavy atom. The molecule has 0 radical (unpaired) electrons. The Hall–Kier alpha value is -5.31. The van der Waals surface area contributed by atoms with Crippen molar-refractivity contribution in [2.45, 2.75) is 0 Å². The molecule has 0 aliphatic rings. The van der Waals surface area contributed by atoms with Gasteiger partial charge in [-0.1, -0.05) is 18.2 Å². The third-order valence-electron chi connectivity index (χ3n) is 6.80. The maximum absolute atomic E-state index is 11.1. The molecule has 4 aromatic carbocycles. The molecule has 0 unspecified atom stereocenters. The summed E-state index contributed by atoms with van der Waals surface area (Å²) in [6.45, 7) is 0. The third-order valence-corrected chi connectivity index (χ3v) is 6.80. The number of hydrogen-bond donors (Lipinski definition) is 2. The normalized spacial score (nSPS) is 11.1. The van der Waals surface area contributed by atoms with Crippen LogP contribution in [0.3, 0.4) is 0 Å². The first-order valence-corrected chi connectivity index (χ1v) is 12.5. The van der Waals surface area contributed by atoms with Gasteiger partial charge in [-0.05, 0) is 36.4 Å². The Labute approximate surface area is 230 Å². The second-order valence-electron chi connectivity index (χ2n) is 9.02. The van der Waals surface area contributed by atoms with Crippen molar-refractivity contribution in [3.8, 4) is 62.9 Å². The molecule has 6 aromatic rings. The van der Waals surface area contributed by atoms with Gasteiger partial charge < -0.3 is 29.0 Å². The van der Waals surface area contributed by atoms with Crippen LogP contribution in [0.1, 0.15) is 0 Å². The van der Waals surface area contributed by atoms with Gasteiger partial charge in [0.1, 0.15) is 28.7 Å². The van der Waals surface area contributed by atoms with Gasteiger partial charge in [-0.25, -0.2) is 15.0 Å². The summed E-state index contributed by atoms with van der Waals surface area (Å²) in [6, 6.07) is 22.4. The lowest BCUT2D eigenvalue weighted by Crippen LogP contribution is -2.03. The lowest BCUT2D eigenvalue weighted by molar-refractivity contribution is 0.395. The van der Waals surface area contributed by atoms with Gasteiger partial charge in [-0.2, -0.15) is 0 Å². The van der Waals surface area contributed by atoms with E-state index < -0.39 is 0 Å². The molecule has 9 heteroatoms. The summed E-state index contributed by atoms with van der Waals surface area (Å²) in [5.41, 5.74) is 3.51. The zero-order valence-electron chi connectivity index (χ0n) is 22.4. The van der Waals surface area contributed by atoms with Gasteiger partial charge in [0.25, 0.3) is 0 Å². The molecule has 2 heterocycles. The van der Waals surface area contributed by atoms with Crippen LogP contribution >= 0.6 is 0 Å². The number of fused-ring (bicyclic) bond motifs is 3. The van der Waals surface area contributed by atoms with E-state index >= 15 is 0 Å². The number of hydrogen-bond acceptors (Lipinski definition) is 8. The van der Waals surface area contributed by atoms with Gasteiger partial charge in [0.2, 0.25) is 0 Å². The monoisotopic (exact) mass is 534 g/mol. The molecule has 0 bridgehead atoms. The summed E-state index contributed by atoms with van der Waals surface area (Å²) >= 11 is 0. The average molecular weight is 535 g/mol. The Balaban J connectivity index is 1.62. The van der Waals surface area contributed by atoms with Crippen molar-refractivity contribution >= 4 is 21.8 Å². The molecule has 0 amide bonds. The van der Waals surface area contributed by atoms with Crippen LogP contribution < -0.4 is 18.9 Å². The number of aromatic nitrogens is 4. The number of rotatable bonds is 7. The van der Waals surface area contributed by atoms with Crippen molar-refractivity contribution in [2.75, 3.05) is 28.4 Å². The smallest absolute Gasteiger partial charge is 0.167 e. The summed E-state index contributed by atoms with van der Waals surface area (Å²) in [5.74, 6) is 3.36. The molecule has 40 heavy (non-hydrogen) atoms. The van der Waals surface area contributed by atoms with Crippen LogP contribution in [-0.2, 0) is 0 Å². The number of aromatic amines is 1. The molecule has 6 rings (SSSR count). The lowest BCUT2D eigenvalue weighted by atomic mass is 10.1. The second-order valence-corrected chi connectivity index (χ2v) is 9.02. The van der Waals surface area contributed by atoms with Crippen LogP contribution in [0.25, 0.3) is 56.0 Å². The van der Waals surface area contributed by atoms with Gasteiger partial charge in [0.15, 0.2) is 17.5 Å². The zero-order valence-corrected chi connectivity index (χ0v) is 22.4. The highest BCUT2D eigenvalue weighted by molar-refractivity contribution is 6.09. The van der Waals surface area contributed by atoms with Crippen LogP contribution in [0.15, 0.2) is 72.8 Å². The highest BCUT2D eigenvalue weighted by Crippen LogP contribution is 2.39. The van der Waals surface area contributed by atoms with Crippen molar-refractivity contribution in [1.82, 2.24) is 19.9 Å². The fraction of sp³-hybridized carbons (Fsp3) is 0.129. The second kappa shape index (κ2) is 10.1. The van der Waals surface area contributed by atoms with Crippen molar-refractivity contribution in [1.29, 1.82) is 0 Å². The molecule has 2 aromatic heterocycles. The quantitative estimate of drug-likeness (QED) is 0.247. The molecule has 0 saturated carbocycles. The first kappa shape index (κ1) is 25.0. The van der Waals surface area contributed by atoms with Gasteiger partial charge >= 0.3 is 0 Å². The minimum absolute atomic E-state index is 0.0329. The average Bonchev–Trinajstić information content (AvgIpc) is 3.36. The molecule has 200 valence electrons. The molecule has 2 N–H and O–H groups in total. The summed E-state index contributed by atoms with van der Waals surface area (Å²) in [5, 5.41) is 13.1. The Bertz CT molecular complexity index is 1810. The molecular weight excluding hydrogens is 508 g/mol. The highest BCUT2D eigenvalue weighted by atomic mass is 16.5. The zero-order chi connectivity index (χ0) is 27.8. The lowest BCUT2D eigenvalue weighted by Gasteiger charge is -2.14. The summed E-state index contributed by atoms with van der Waals surface area (Å²) in [7, 11) is 6.33. The SMILES string of the molecule is COc1ccc(-c2nc(-c3cc4c(cc3O)[nH]c3ccccc34)nc(-c3ccc(OC)cc3OC)n2)c(OC)c1. The predicted octanol–water partition coefficient (Wildman–Crippen LogP) is 6.25. The topological polar surface area (TPSA) is 112 Å². The molecule has 0 saturated heterocycles. The Morgan fingerprint density at radius 1 is 0.550 bits per heavy atom. The Morgan fingerprint density at radius 2 is 1.10 bits per heavy atom. The number of benzene rings is 4. The number of methoxy groups -OCH3 is 4. The van der Waals surface area contributed by atoms with Crippen LogP contribution in [0, 0.1) is 0 Å². The number of nitrogens with one attached hydrogen (secondary N) is 1. The first-order chi connectivity index (χ1) is 19.5. The largest absolute Gasteiger partial charge is 0.507 e. The van der Waals surface area contributed by atoms with E-state index in [1.165, 1.54) is 0 Å². The maximum Gasteiger partial charge on any atom is 0.167 e.